The molecule has 2 rings (SSSR count). The van der Waals surface area contributed by atoms with Crippen molar-refractivity contribution in [3.63, 3.8) is 0 Å². The molecule has 8 heteroatoms. The first-order chi connectivity index (χ1) is 12.3. The number of hydrogen-bond acceptors (Lipinski definition) is 5. The predicted molar refractivity (Wildman–Crippen MR) is 100 cm³/mol. The summed E-state index contributed by atoms with van der Waals surface area (Å²) in [5, 5.41) is 10.9. The zero-order chi connectivity index (χ0) is 19.3. The maximum absolute atomic E-state index is 12.5. The van der Waals surface area contributed by atoms with Gasteiger partial charge in [0, 0.05) is 17.8 Å². The van der Waals surface area contributed by atoms with Crippen molar-refractivity contribution >= 4 is 39.2 Å². The summed E-state index contributed by atoms with van der Waals surface area (Å²) in [6.45, 7) is 3.24. The number of benzene rings is 2. The number of nitro benzene ring substituents is 1. The van der Waals surface area contributed by atoms with Crippen molar-refractivity contribution in [2.75, 3.05) is 11.5 Å². The molecule has 0 N–H and O–H groups in total. The molecule has 0 unspecified atom stereocenters. The minimum atomic E-state index is -0.800. The quantitative estimate of drug-likeness (QED) is 0.400. The number of halogens is 1. The number of carbonyl (C=O) groups excluding carboxylic acids is 2. The summed E-state index contributed by atoms with van der Waals surface area (Å²) >= 11 is 3.05. The first kappa shape index (κ1) is 19.6. The van der Waals surface area contributed by atoms with Crippen LogP contribution < -0.4 is 4.90 Å². The third-order valence-corrected chi connectivity index (χ3v) is 4.20. The molecule has 0 radical (unpaired) electrons. The summed E-state index contributed by atoms with van der Waals surface area (Å²) in [7, 11) is 0. The van der Waals surface area contributed by atoms with Gasteiger partial charge in [-0.25, -0.2) is 4.79 Å². The monoisotopic (exact) mass is 420 g/mol. The summed E-state index contributed by atoms with van der Waals surface area (Å²) in [5.74, 6) is -1.18. The molecule has 0 saturated heterocycles. The minimum absolute atomic E-state index is 0.00325. The molecule has 0 bridgehead atoms. The number of nitrogens with zero attached hydrogens (tertiary/aromatic N) is 2. The first-order valence-corrected chi connectivity index (χ1v) is 8.58. The number of anilines is 1. The van der Waals surface area contributed by atoms with E-state index in [1.165, 1.54) is 17.0 Å². The van der Waals surface area contributed by atoms with Crippen molar-refractivity contribution in [3.05, 3.63) is 68.7 Å². The van der Waals surface area contributed by atoms with Crippen LogP contribution in [0.4, 0.5) is 11.4 Å². The average molecular weight is 421 g/mol. The lowest BCUT2D eigenvalue weighted by Crippen LogP contribution is -2.39. The zero-order valence-electron chi connectivity index (χ0n) is 14.2. The number of esters is 1. The topological polar surface area (TPSA) is 89.8 Å². The molecule has 0 aromatic heterocycles. The van der Waals surface area contributed by atoms with E-state index in [1.54, 1.807) is 12.1 Å². The Morgan fingerprint density at radius 2 is 1.85 bits per heavy atom. The molecule has 0 atom stereocenters. The summed E-state index contributed by atoms with van der Waals surface area (Å²) in [6, 6.07) is 12.8. The number of hydrogen-bond donors (Lipinski definition) is 0. The molecule has 0 heterocycles. The van der Waals surface area contributed by atoms with Crippen molar-refractivity contribution in [1.29, 1.82) is 0 Å². The fraction of sp³-hybridized carbons (Fsp3) is 0.222. The second-order valence-corrected chi connectivity index (χ2v) is 6.55. The van der Waals surface area contributed by atoms with Crippen molar-refractivity contribution in [3.8, 4) is 0 Å². The number of para-hydroxylation sites is 1. The molecule has 136 valence electrons. The predicted octanol–water partition coefficient (Wildman–Crippen LogP) is 3.96. The van der Waals surface area contributed by atoms with E-state index in [9.17, 15) is 19.7 Å². The van der Waals surface area contributed by atoms with Gasteiger partial charge in [0.1, 0.15) is 0 Å². The number of ether oxygens (including phenoxy) is 1. The SMILES string of the molecule is CC(C)N(C(=O)COC(=O)c1ccc(Br)c([N+](=O)[O-])c1)c1ccccc1. The maximum Gasteiger partial charge on any atom is 0.338 e. The first-order valence-electron chi connectivity index (χ1n) is 7.79. The molecule has 2 aromatic rings. The van der Waals surface area contributed by atoms with Crippen LogP contribution in [0.5, 0.6) is 0 Å². The lowest BCUT2D eigenvalue weighted by atomic mass is 10.2. The molecule has 26 heavy (non-hydrogen) atoms. The third kappa shape index (κ3) is 4.66. The number of nitro groups is 1. The smallest absolute Gasteiger partial charge is 0.338 e. The van der Waals surface area contributed by atoms with E-state index < -0.39 is 17.5 Å². The normalized spacial score (nSPS) is 10.5. The summed E-state index contributed by atoms with van der Waals surface area (Å²) in [6.07, 6.45) is 0. The Bertz CT molecular complexity index is 824. The van der Waals surface area contributed by atoms with Crippen LogP contribution in [-0.2, 0) is 9.53 Å². The molecule has 0 saturated carbocycles. The minimum Gasteiger partial charge on any atom is -0.452 e. The van der Waals surface area contributed by atoms with Gasteiger partial charge in [-0.3, -0.25) is 14.9 Å². The fourth-order valence-electron chi connectivity index (χ4n) is 2.38. The van der Waals surface area contributed by atoms with E-state index in [2.05, 4.69) is 15.9 Å². The molecule has 7 nitrogen and oxygen atoms in total. The van der Waals surface area contributed by atoms with Gasteiger partial charge in [-0.2, -0.15) is 0 Å². The fourth-order valence-corrected chi connectivity index (χ4v) is 2.77. The second-order valence-electron chi connectivity index (χ2n) is 5.69. The van der Waals surface area contributed by atoms with Gasteiger partial charge in [0.2, 0.25) is 0 Å². The molecule has 0 spiro atoms. The van der Waals surface area contributed by atoms with Gasteiger partial charge in [-0.05, 0) is 54.0 Å². The number of rotatable bonds is 6. The number of amides is 1. The van der Waals surface area contributed by atoms with Gasteiger partial charge < -0.3 is 9.64 Å². The van der Waals surface area contributed by atoms with E-state index in [1.807, 2.05) is 32.0 Å². The van der Waals surface area contributed by atoms with Gasteiger partial charge in [0.25, 0.3) is 11.6 Å². The van der Waals surface area contributed by atoms with E-state index in [0.29, 0.717) is 5.69 Å². The van der Waals surface area contributed by atoms with Crippen LogP contribution >= 0.6 is 15.9 Å². The van der Waals surface area contributed by atoms with Crippen LogP contribution in [0.15, 0.2) is 53.0 Å². The van der Waals surface area contributed by atoms with Gasteiger partial charge in [0.05, 0.1) is 15.0 Å². The Labute approximate surface area is 158 Å². The van der Waals surface area contributed by atoms with Crippen LogP contribution in [0, 0.1) is 10.1 Å². The van der Waals surface area contributed by atoms with Gasteiger partial charge in [0.15, 0.2) is 6.61 Å². The van der Waals surface area contributed by atoms with E-state index >= 15 is 0 Å². The maximum atomic E-state index is 12.5. The standard InChI is InChI=1S/C18H17BrN2O5/c1-12(2)20(14-6-4-3-5-7-14)17(22)11-26-18(23)13-8-9-15(19)16(10-13)21(24)25/h3-10,12H,11H2,1-2H3. The van der Waals surface area contributed by atoms with Gasteiger partial charge in [-0.15, -0.1) is 0 Å². The van der Waals surface area contributed by atoms with Crippen LogP contribution in [0.2, 0.25) is 0 Å². The van der Waals surface area contributed by atoms with Gasteiger partial charge in [-0.1, -0.05) is 18.2 Å². The van der Waals surface area contributed by atoms with Crippen LogP contribution in [0.3, 0.4) is 0 Å². The third-order valence-electron chi connectivity index (χ3n) is 3.52. The van der Waals surface area contributed by atoms with Crippen LogP contribution in [0.25, 0.3) is 0 Å². The molecule has 1 amide bonds. The highest BCUT2D eigenvalue weighted by Crippen LogP contribution is 2.26. The summed E-state index contributed by atoms with van der Waals surface area (Å²) in [5.41, 5.74) is 0.449. The van der Waals surface area contributed by atoms with Gasteiger partial charge >= 0.3 is 5.97 Å². The van der Waals surface area contributed by atoms with Crippen LogP contribution in [-0.4, -0.2) is 29.4 Å². The lowest BCUT2D eigenvalue weighted by molar-refractivity contribution is -0.385. The molecule has 0 fully saturated rings. The highest BCUT2D eigenvalue weighted by Gasteiger charge is 2.22. The van der Waals surface area contributed by atoms with Crippen LogP contribution in [0.1, 0.15) is 24.2 Å². The Kier molecular flexibility index (Phi) is 6.46. The van der Waals surface area contributed by atoms with E-state index in [4.69, 9.17) is 4.74 Å². The van der Waals surface area contributed by atoms with Crippen molar-refractivity contribution in [2.45, 2.75) is 19.9 Å². The van der Waals surface area contributed by atoms with E-state index in [0.717, 1.165) is 6.07 Å². The molecular formula is C18H17BrN2O5. The second kappa shape index (κ2) is 8.57. The molecule has 0 aliphatic rings. The van der Waals surface area contributed by atoms with E-state index in [-0.39, 0.29) is 27.7 Å². The highest BCUT2D eigenvalue weighted by atomic mass is 79.9. The highest BCUT2D eigenvalue weighted by molar-refractivity contribution is 9.10. The zero-order valence-corrected chi connectivity index (χ0v) is 15.8. The van der Waals surface area contributed by atoms with Crippen molar-refractivity contribution in [1.82, 2.24) is 0 Å². The van der Waals surface area contributed by atoms with Crippen molar-refractivity contribution in [2.24, 2.45) is 0 Å². The Morgan fingerprint density at radius 1 is 1.19 bits per heavy atom. The molecular weight excluding hydrogens is 404 g/mol. The summed E-state index contributed by atoms with van der Waals surface area (Å²) < 4.78 is 5.30. The Morgan fingerprint density at radius 3 is 2.42 bits per heavy atom. The number of carbonyl (C=O) groups is 2. The average Bonchev–Trinajstić information content (AvgIpc) is 2.60. The molecule has 0 aliphatic heterocycles. The Hall–Kier alpha value is -2.74. The lowest BCUT2D eigenvalue weighted by Gasteiger charge is -2.26. The molecule has 2 aromatic carbocycles. The summed E-state index contributed by atoms with van der Waals surface area (Å²) in [4.78, 5) is 36.5. The Balaban J connectivity index is 2.09. The van der Waals surface area contributed by atoms with Crippen molar-refractivity contribution < 1.29 is 19.2 Å². The largest absolute Gasteiger partial charge is 0.452 e. The molecule has 0 aliphatic carbocycles.